The van der Waals surface area contributed by atoms with Crippen LogP contribution in [0.15, 0.2) is 30.9 Å². The van der Waals surface area contributed by atoms with Gasteiger partial charge in [0.05, 0.1) is 11.4 Å². The largest absolute Gasteiger partial charge is 0.397 e. The lowest BCUT2D eigenvalue weighted by molar-refractivity contribution is 0.0827. The monoisotopic (exact) mass is 279 g/mol. The van der Waals surface area contributed by atoms with Crippen LogP contribution in [0.1, 0.15) is 10.4 Å². The van der Waals surface area contributed by atoms with E-state index in [9.17, 15) is 4.79 Å². The van der Waals surface area contributed by atoms with Gasteiger partial charge in [-0.2, -0.15) is 11.8 Å². The van der Waals surface area contributed by atoms with Crippen LogP contribution < -0.4 is 11.1 Å². The minimum atomic E-state index is -0.0419. The highest BCUT2D eigenvalue weighted by molar-refractivity contribution is 7.99. The second-order valence-electron chi connectivity index (χ2n) is 4.29. The molecule has 0 atom stereocenters. The molecule has 3 N–H and O–H groups in total. The Balaban J connectivity index is 2.57. The Kier molecular flexibility index (Phi) is 6.29. The molecule has 0 radical (unpaired) electrons. The molecular weight excluding hydrogens is 258 g/mol. The second-order valence-corrected chi connectivity index (χ2v) is 5.44. The summed E-state index contributed by atoms with van der Waals surface area (Å²) in [5, 5.41) is 3.26. The molecule has 5 heteroatoms. The van der Waals surface area contributed by atoms with E-state index in [-0.39, 0.29) is 5.91 Å². The van der Waals surface area contributed by atoms with Gasteiger partial charge in [-0.3, -0.25) is 4.79 Å². The number of rotatable bonds is 7. The minimum Gasteiger partial charge on any atom is -0.397 e. The number of nitrogen functional groups attached to an aromatic ring is 1. The fourth-order valence-electron chi connectivity index (χ4n) is 1.54. The van der Waals surface area contributed by atoms with Gasteiger partial charge in [0, 0.05) is 37.7 Å². The fraction of sp³-hybridized carbons (Fsp3) is 0.357. The van der Waals surface area contributed by atoms with Crippen LogP contribution in [-0.2, 0) is 0 Å². The standard InChI is InChI=1S/C14H21N3OS/c1-4-8-19-9-7-16-13-6-5-11(10-12(13)15)14(18)17(2)3/h4-6,10,16H,1,7-9,15H2,2-3H3. The zero-order valence-corrected chi connectivity index (χ0v) is 12.3. The molecule has 0 bridgehead atoms. The lowest BCUT2D eigenvalue weighted by atomic mass is 10.1. The van der Waals surface area contributed by atoms with E-state index in [0.717, 1.165) is 23.7 Å². The van der Waals surface area contributed by atoms with Gasteiger partial charge in [-0.15, -0.1) is 6.58 Å². The summed E-state index contributed by atoms with van der Waals surface area (Å²) >= 11 is 1.81. The van der Waals surface area contributed by atoms with Gasteiger partial charge >= 0.3 is 0 Å². The van der Waals surface area contributed by atoms with Gasteiger partial charge in [0.25, 0.3) is 5.91 Å². The van der Waals surface area contributed by atoms with Crippen molar-refractivity contribution in [1.29, 1.82) is 0 Å². The minimum absolute atomic E-state index is 0.0419. The van der Waals surface area contributed by atoms with Crippen LogP contribution in [0.3, 0.4) is 0 Å². The van der Waals surface area contributed by atoms with Crippen LogP contribution in [0.5, 0.6) is 0 Å². The van der Waals surface area contributed by atoms with Crippen LogP contribution in [-0.4, -0.2) is 43.0 Å². The van der Waals surface area contributed by atoms with Crippen LogP contribution in [0, 0.1) is 0 Å². The van der Waals surface area contributed by atoms with Gasteiger partial charge in [-0.25, -0.2) is 0 Å². The van der Waals surface area contributed by atoms with Crippen molar-refractivity contribution in [3.63, 3.8) is 0 Å². The molecule has 0 aromatic heterocycles. The van der Waals surface area contributed by atoms with Crippen molar-refractivity contribution in [3.05, 3.63) is 36.4 Å². The van der Waals surface area contributed by atoms with Crippen LogP contribution >= 0.6 is 11.8 Å². The summed E-state index contributed by atoms with van der Waals surface area (Å²) in [6.07, 6.45) is 1.89. The predicted molar refractivity (Wildman–Crippen MR) is 84.9 cm³/mol. The Morgan fingerprint density at radius 2 is 2.26 bits per heavy atom. The molecule has 1 aromatic carbocycles. The molecule has 104 valence electrons. The molecule has 0 aliphatic carbocycles. The van der Waals surface area contributed by atoms with Crippen LogP contribution in [0.2, 0.25) is 0 Å². The van der Waals surface area contributed by atoms with Crippen molar-refractivity contribution in [2.24, 2.45) is 0 Å². The third-order valence-corrected chi connectivity index (χ3v) is 3.47. The number of nitrogens with two attached hydrogens (primary N) is 1. The summed E-state index contributed by atoms with van der Waals surface area (Å²) in [7, 11) is 3.45. The van der Waals surface area contributed by atoms with Crippen LogP contribution in [0.4, 0.5) is 11.4 Å². The van der Waals surface area contributed by atoms with Crippen molar-refractivity contribution in [2.45, 2.75) is 0 Å². The van der Waals surface area contributed by atoms with Gasteiger partial charge in [-0.1, -0.05) is 6.08 Å². The summed E-state index contributed by atoms with van der Waals surface area (Å²) in [6, 6.07) is 5.35. The van der Waals surface area contributed by atoms with E-state index < -0.39 is 0 Å². The maximum atomic E-state index is 11.8. The smallest absolute Gasteiger partial charge is 0.253 e. The molecule has 0 heterocycles. The molecule has 0 aliphatic heterocycles. The SMILES string of the molecule is C=CCSCCNc1ccc(C(=O)N(C)C)cc1N. The maximum absolute atomic E-state index is 11.8. The molecule has 1 amide bonds. The summed E-state index contributed by atoms with van der Waals surface area (Å²) in [5.41, 5.74) is 8.02. The molecule has 0 saturated carbocycles. The molecule has 0 unspecified atom stereocenters. The number of hydrogen-bond donors (Lipinski definition) is 2. The molecule has 0 saturated heterocycles. The first-order chi connectivity index (χ1) is 9.06. The van der Waals surface area contributed by atoms with E-state index in [1.165, 1.54) is 4.90 Å². The number of thioether (sulfide) groups is 1. The average Bonchev–Trinajstić information content (AvgIpc) is 2.39. The molecule has 4 nitrogen and oxygen atoms in total. The zero-order valence-electron chi connectivity index (χ0n) is 11.5. The lowest BCUT2D eigenvalue weighted by Crippen LogP contribution is -2.21. The summed E-state index contributed by atoms with van der Waals surface area (Å²) < 4.78 is 0. The van der Waals surface area contributed by atoms with E-state index in [1.54, 1.807) is 26.2 Å². The normalized spacial score (nSPS) is 10.0. The number of benzene rings is 1. The van der Waals surface area contributed by atoms with Gasteiger partial charge < -0.3 is 16.0 Å². The highest BCUT2D eigenvalue weighted by Gasteiger charge is 2.09. The van der Waals surface area contributed by atoms with E-state index in [1.807, 2.05) is 23.9 Å². The Morgan fingerprint density at radius 3 is 2.84 bits per heavy atom. The number of nitrogens with one attached hydrogen (secondary N) is 1. The number of carbonyl (C=O) groups is 1. The molecule has 19 heavy (non-hydrogen) atoms. The molecular formula is C14H21N3OS. The molecule has 1 rings (SSSR count). The van der Waals surface area contributed by atoms with Crippen molar-refractivity contribution in [2.75, 3.05) is 43.2 Å². The van der Waals surface area contributed by atoms with E-state index >= 15 is 0 Å². The summed E-state index contributed by atoms with van der Waals surface area (Å²) in [6.45, 7) is 4.51. The number of amides is 1. The second kappa shape index (κ2) is 7.74. The number of anilines is 2. The van der Waals surface area contributed by atoms with Crippen molar-refractivity contribution < 1.29 is 4.79 Å². The number of nitrogens with zero attached hydrogens (tertiary/aromatic N) is 1. The molecule has 0 aliphatic rings. The Hall–Kier alpha value is -1.62. The molecule has 0 spiro atoms. The quantitative estimate of drug-likeness (QED) is 0.457. The molecule has 1 aromatic rings. The zero-order chi connectivity index (χ0) is 14.3. The van der Waals surface area contributed by atoms with Crippen LogP contribution in [0.25, 0.3) is 0 Å². The Bertz CT molecular complexity index is 446. The third-order valence-electron chi connectivity index (χ3n) is 2.50. The topological polar surface area (TPSA) is 58.4 Å². The van der Waals surface area contributed by atoms with E-state index in [2.05, 4.69) is 11.9 Å². The fourth-order valence-corrected chi connectivity index (χ4v) is 2.12. The van der Waals surface area contributed by atoms with E-state index in [0.29, 0.717) is 11.3 Å². The highest BCUT2D eigenvalue weighted by atomic mass is 32.2. The lowest BCUT2D eigenvalue weighted by Gasteiger charge is -2.13. The number of carbonyl (C=O) groups excluding carboxylic acids is 1. The maximum Gasteiger partial charge on any atom is 0.253 e. The van der Waals surface area contributed by atoms with Gasteiger partial charge in [0.2, 0.25) is 0 Å². The predicted octanol–water partition coefficient (Wildman–Crippen LogP) is 2.30. The summed E-state index contributed by atoms with van der Waals surface area (Å²) in [5.74, 6) is 1.90. The van der Waals surface area contributed by atoms with Crippen molar-refractivity contribution in [3.8, 4) is 0 Å². The van der Waals surface area contributed by atoms with Crippen molar-refractivity contribution >= 4 is 29.0 Å². The van der Waals surface area contributed by atoms with E-state index in [4.69, 9.17) is 5.73 Å². The average molecular weight is 279 g/mol. The first kappa shape index (κ1) is 15.4. The van der Waals surface area contributed by atoms with Gasteiger partial charge in [0.15, 0.2) is 0 Å². The highest BCUT2D eigenvalue weighted by Crippen LogP contribution is 2.20. The van der Waals surface area contributed by atoms with Crippen molar-refractivity contribution in [1.82, 2.24) is 4.90 Å². The number of hydrogen-bond acceptors (Lipinski definition) is 4. The Morgan fingerprint density at radius 1 is 1.53 bits per heavy atom. The van der Waals surface area contributed by atoms with Gasteiger partial charge in [-0.05, 0) is 18.2 Å². The van der Waals surface area contributed by atoms with Gasteiger partial charge in [0.1, 0.15) is 0 Å². The third kappa shape index (κ3) is 4.87. The first-order valence-electron chi connectivity index (χ1n) is 6.10. The first-order valence-corrected chi connectivity index (χ1v) is 7.25. The summed E-state index contributed by atoms with van der Waals surface area (Å²) in [4.78, 5) is 13.3. The molecule has 0 fully saturated rings. The Labute approximate surface area is 119 Å².